The van der Waals surface area contributed by atoms with E-state index in [-0.39, 0.29) is 5.91 Å². The van der Waals surface area contributed by atoms with Gasteiger partial charge in [-0.3, -0.25) is 19.7 Å². The number of aryl methyl sites for hydroxylation is 1. The van der Waals surface area contributed by atoms with Gasteiger partial charge in [0.15, 0.2) is 5.13 Å². The average molecular weight is 390 g/mol. The largest absolute Gasteiger partial charge is 0.379 e. The average Bonchev–Trinajstić information content (AvgIpc) is 3.37. The zero-order chi connectivity index (χ0) is 17.9. The second-order valence-corrected chi connectivity index (χ2v) is 7.64. The number of ether oxygens (including phenoxy) is 1. The Morgan fingerprint density at radius 3 is 2.88 bits per heavy atom. The number of morpholine rings is 1. The minimum atomic E-state index is -0.247. The van der Waals surface area contributed by atoms with Gasteiger partial charge in [-0.25, -0.2) is 9.97 Å². The maximum atomic E-state index is 12.4. The minimum absolute atomic E-state index is 0.247. The van der Waals surface area contributed by atoms with Gasteiger partial charge in [0.05, 0.1) is 25.1 Å². The molecule has 4 rings (SSSR count). The minimum Gasteiger partial charge on any atom is -0.379 e. The Morgan fingerprint density at radius 2 is 2.12 bits per heavy atom. The topological polar surface area (TPSA) is 85.2 Å². The lowest BCUT2D eigenvalue weighted by Gasteiger charge is -2.25. The summed E-state index contributed by atoms with van der Waals surface area (Å²) >= 11 is 2.85. The second-order valence-electron chi connectivity index (χ2n) is 5.93. The van der Waals surface area contributed by atoms with Gasteiger partial charge < -0.3 is 4.74 Å². The summed E-state index contributed by atoms with van der Waals surface area (Å²) in [6.45, 7) is 4.12. The van der Waals surface area contributed by atoms with Gasteiger partial charge in [-0.05, 0) is 0 Å². The van der Waals surface area contributed by atoms with Crippen molar-refractivity contribution in [1.29, 1.82) is 0 Å². The molecule has 1 aliphatic heterocycles. The molecule has 1 aliphatic rings. The Labute approximate surface area is 158 Å². The zero-order valence-corrected chi connectivity index (χ0v) is 15.8. The van der Waals surface area contributed by atoms with Crippen LogP contribution in [0.25, 0.3) is 10.6 Å². The third-order valence-corrected chi connectivity index (χ3v) is 5.65. The Morgan fingerprint density at radius 1 is 1.27 bits per heavy atom. The lowest BCUT2D eigenvalue weighted by atomic mass is 10.3. The highest BCUT2D eigenvalue weighted by Gasteiger charge is 2.16. The van der Waals surface area contributed by atoms with Gasteiger partial charge in [-0.1, -0.05) is 0 Å². The number of rotatable bonds is 5. The molecule has 26 heavy (non-hydrogen) atoms. The van der Waals surface area contributed by atoms with Crippen LogP contribution in [0.2, 0.25) is 0 Å². The third kappa shape index (κ3) is 3.98. The molecule has 0 unspecified atom stereocenters. The fraction of sp³-hybridized carbons (Fsp3) is 0.375. The smallest absolute Gasteiger partial charge is 0.276 e. The summed E-state index contributed by atoms with van der Waals surface area (Å²) < 4.78 is 7.06. The van der Waals surface area contributed by atoms with E-state index in [1.165, 1.54) is 22.7 Å². The molecule has 0 aliphatic carbocycles. The number of thiazole rings is 2. The molecular formula is C16H18N6O2S2. The lowest BCUT2D eigenvalue weighted by Crippen LogP contribution is -2.35. The fourth-order valence-corrected chi connectivity index (χ4v) is 4.10. The van der Waals surface area contributed by atoms with Crippen LogP contribution in [0.1, 0.15) is 16.2 Å². The van der Waals surface area contributed by atoms with Crippen molar-refractivity contribution < 1.29 is 9.53 Å². The molecule has 136 valence electrons. The van der Waals surface area contributed by atoms with Crippen molar-refractivity contribution in [2.75, 3.05) is 31.6 Å². The quantitative estimate of drug-likeness (QED) is 0.718. The van der Waals surface area contributed by atoms with Crippen LogP contribution in [-0.2, 0) is 18.3 Å². The fourth-order valence-electron chi connectivity index (χ4n) is 2.63. The number of hydrogen-bond donors (Lipinski definition) is 1. The van der Waals surface area contributed by atoms with Crippen LogP contribution >= 0.6 is 22.7 Å². The van der Waals surface area contributed by atoms with Gasteiger partial charge in [0.2, 0.25) is 0 Å². The molecule has 0 bridgehead atoms. The molecule has 1 fully saturated rings. The molecule has 0 radical (unpaired) electrons. The molecule has 10 heteroatoms. The van der Waals surface area contributed by atoms with Crippen molar-refractivity contribution in [2.24, 2.45) is 7.05 Å². The number of carbonyl (C=O) groups excluding carboxylic acids is 1. The van der Waals surface area contributed by atoms with Gasteiger partial charge in [0, 0.05) is 49.2 Å². The van der Waals surface area contributed by atoms with E-state index >= 15 is 0 Å². The van der Waals surface area contributed by atoms with E-state index in [9.17, 15) is 4.79 Å². The predicted octanol–water partition coefficient (Wildman–Crippen LogP) is 2.08. The highest BCUT2D eigenvalue weighted by Crippen LogP contribution is 2.24. The first kappa shape index (κ1) is 17.3. The van der Waals surface area contributed by atoms with Crippen LogP contribution in [-0.4, -0.2) is 56.9 Å². The Kier molecular flexibility index (Phi) is 5.07. The molecule has 4 heterocycles. The third-order valence-electron chi connectivity index (χ3n) is 3.95. The molecule has 0 aromatic carbocycles. The number of nitrogens with one attached hydrogen (secondary N) is 1. The summed E-state index contributed by atoms with van der Waals surface area (Å²) in [6, 6.07) is 0. The highest BCUT2D eigenvalue weighted by molar-refractivity contribution is 7.14. The number of amides is 1. The summed E-state index contributed by atoms with van der Waals surface area (Å²) in [4.78, 5) is 23.6. The van der Waals surface area contributed by atoms with E-state index in [4.69, 9.17) is 4.74 Å². The molecule has 0 spiro atoms. The van der Waals surface area contributed by atoms with Crippen LogP contribution in [0.5, 0.6) is 0 Å². The molecule has 1 saturated heterocycles. The van der Waals surface area contributed by atoms with Gasteiger partial charge in [0.25, 0.3) is 5.91 Å². The van der Waals surface area contributed by atoms with Crippen molar-refractivity contribution in [3.05, 3.63) is 34.5 Å². The van der Waals surface area contributed by atoms with Gasteiger partial charge in [-0.2, -0.15) is 5.10 Å². The van der Waals surface area contributed by atoms with Gasteiger partial charge in [0.1, 0.15) is 10.7 Å². The summed E-state index contributed by atoms with van der Waals surface area (Å²) in [7, 11) is 1.85. The van der Waals surface area contributed by atoms with E-state index in [0.717, 1.165) is 49.1 Å². The van der Waals surface area contributed by atoms with E-state index < -0.39 is 0 Å². The van der Waals surface area contributed by atoms with Crippen molar-refractivity contribution in [1.82, 2.24) is 24.6 Å². The van der Waals surface area contributed by atoms with Crippen LogP contribution in [0.4, 0.5) is 5.13 Å². The summed E-state index contributed by atoms with van der Waals surface area (Å²) in [5.41, 5.74) is 2.25. The first-order chi connectivity index (χ1) is 12.7. The Bertz CT molecular complexity index is 896. The maximum absolute atomic E-state index is 12.4. The van der Waals surface area contributed by atoms with E-state index in [1.807, 2.05) is 18.6 Å². The maximum Gasteiger partial charge on any atom is 0.276 e. The number of carbonyl (C=O) groups is 1. The molecule has 3 aromatic heterocycles. The van der Waals surface area contributed by atoms with E-state index in [2.05, 4.69) is 25.3 Å². The SMILES string of the molecule is Cn1cc(-c2nc(C(=O)Nc3nc(CN4CCOCC4)cs3)cs2)cn1. The lowest BCUT2D eigenvalue weighted by molar-refractivity contribution is 0.0337. The van der Waals surface area contributed by atoms with Crippen LogP contribution < -0.4 is 5.32 Å². The molecule has 0 atom stereocenters. The normalized spacial score (nSPS) is 15.3. The zero-order valence-electron chi connectivity index (χ0n) is 14.2. The number of aromatic nitrogens is 4. The van der Waals surface area contributed by atoms with Gasteiger partial charge >= 0.3 is 0 Å². The first-order valence-corrected chi connectivity index (χ1v) is 9.94. The standard InChI is InChI=1S/C16H18N6O2S2/c1-21-7-11(6-17-21)15-19-13(10-25-15)14(23)20-16-18-12(9-26-16)8-22-2-4-24-5-3-22/h6-7,9-10H,2-5,8H2,1H3,(H,18,20,23). The van der Waals surface area contributed by atoms with Crippen molar-refractivity contribution in [3.8, 4) is 10.6 Å². The number of nitrogens with zero attached hydrogens (tertiary/aromatic N) is 5. The number of anilines is 1. The molecule has 0 saturated carbocycles. The first-order valence-electron chi connectivity index (χ1n) is 8.18. The van der Waals surface area contributed by atoms with Crippen LogP contribution in [0, 0.1) is 0 Å². The van der Waals surface area contributed by atoms with Crippen LogP contribution in [0.15, 0.2) is 23.2 Å². The van der Waals surface area contributed by atoms with Crippen molar-refractivity contribution in [3.63, 3.8) is 0 Å². The Hall–Kier alpha value is -2.14. The van der Waals surface area contributed by atoms with Crippen molar-refractivity contribution >= 4 is 33.7 Å². The highest BCUT2D eigenvalue weighted by atomic mass is 32.1. The monoisotopic (exact) mass is 390 g/mol. The van der Waals surface area contributed by atoms with E-state index in [0.29, 0.717) is 10.8 Å². The van der Waals surface area contributed by atoms with Gasteiger partial charge in [-0.15, -0.1) is 22.7 Å². The van der Waals surface area contributed by atoms with Crippen molar-refractivity contribution in [2.45, 2.75) is 6.54 Å². The molecule has 3 aromatic rings. The molecule has 1 N–H and O–H groups in total. The molecule has 8 nitrogen and oxygen atoms in total. The molecule has 1 amide bonds. The Balaban J connectivity index is 1.38. The number of hydrogen-bond acceptors (Lipinski definition) is 8. The molecular weight excluding hydrogens is 372 g/mol. The second kappa shape index (κ2) is 7.62. The van der Waals surface area contributed by atoms with Crippen LogP contribution in [0.3, 0.4) is 0 Å². The summed E-state index contributed by atoms with van der Waals surface area (Å²) in [6.07, 6.45) is 3.61. The predicted molar refractivity (Wildman–Crippen MR) is 100 cm³/mol. The summed E-state index contributed by atoms with van der Waals surface area (Å²) in [5, 5.41) is 12.1. The summed E-state index contributed by atoms with van der Waals surface area (Å²) in [5.74, 6) is -0.247. The van der Waals surface area contributed by atoms with E-state index in [1.54, 1.807) is 16.3 Å².